The van der Waals surface area contributed by atoms with E-state index < -0.39 is 6.04 Å². The van der Waals surface area contributed by atoms with Crippen molar-refractivity contribution in [2.24, 2.45) is 0 Å². The van der Waals surface area contributed by atoms with Gasteiger partial charge in [-0.2, -0.15) is 0 Å². The van der Waals surface area contributed by atoms with Crippen LogP contribution in [0.1, 0.15) is 48.1 Å². The molecule has 3 aromatic carbocycles. The second kappa shape index (κ2) is 8.38. The summed E-state index contributed by atoms with van der Waals surface area (Å²) in [5.74, 6) is 0.209. The lowest BCUT2D eigenvalue weighted by atomic mass is 9.95. The van der Waals surface area contributed by atoms with Gasteiger partial charge in [-0.3, -0.25) is 14.5 Å². The molecule has 4 rings (SSSR count). The highest BCUT2D eigenvalue weighted by molar-refractivity contribution is 6.14. The van der Waals surface area contributed by atoms with Crippen LogP contribution in [0.15, 0.2) is 72.8 Å². The van der Waals surface area contributed by atoms with Crippen LogP contribution in [0, 0.1) is 13.8 Å². The Morgan fingerprint density at radius 2 is 1.48 bits per heavy atom. The van der Waals surface area contributed by atoms with Gasteiger partial charge in [-0.05, 0) is 66.3 Å². The third-order valence-corrected chi connectivity index (χ3v) is 6.08. The Balaban J connectivity index is 1.80. The van der Waals surface area contributed by atoms with Crippen LogP contribution in [0.2, 0.25) is 0 Å². The van der Waals surface area contributed by atoms with Crippen molar-refractivity contribution in [3.05, 3.63) is 95.1 Å². The predicted molar refractivity (Wildman–Crippen MR) is 125 cm³/mol. The highest BCUT2D eigenvalue weighted by Crippen LogP contribution is 2.35. The molecule has 31 heavy (non-hydrogen) atoms. The number of rotatable bonds is 4. The second-order valence-corrected chi connectivity index (χ2v) is 8.52. The Hall–Kier alpha value is -3.40. The molecule has 0 radical (unpaired) electrons. The van der Waals surface area contributed by atoms with Crippen molar-refractivity contribution >= 4 is 23.2 Å². The molecule has 3 aromatic rings. The lowest BCUT2D eigenvalue weighted by molar-refractivity contribution is -0.128. The second-order valence-electron chi connectivity index (χ2n) is 8.52. The average Bonchev–Trinajstić information content (AvgIpc) is 2.77. The largest absolute Gasteiger partial charge is 0.301 e. The fourth-order valence-electron chi connectivity index (χ4n) is 4.04. The van der Waals surface area contributed by atoms with Crippen molar-refractivity contribution in [2.75, 3.05) is 16.3 Å². The van der Waals surface area contributed by atoms with E-state index in [0.717, 1.165) is 28.1 Å². The molecule has 4 heteroatoms. The van der Waals surface area contributed by atoms with Crippen molar-refractivity contribution < 1.29 is 9.59 Å². The lowest BCUT2D eigenvalue weighted by Crippen LogP contribution is -2.56. The molecule has 1 aliphatic heterocycles. The first-order valence-corrected chi connectivity index (χ1v) is 10.7. The average molecular weight is 413 g/mol. The number of anilines is 2. The first-order chi connectivity index (χ1) is 14.9. The SMILES string of the molecule is Cc1ccc(N2CC(=O)N(c3ccccc3)C(c3ccc(C(C)C)cc3)C2=O)cc1C. The monoisotopic (exact) mass is 412 g/mol. The van der Waals surface area contributed by atoms with Crippen molar-refractivity contribution in [2.45, 2.75) is 39.7 Å². The summed E-state index contributed by atoms with van der Waals surface area (Å²) in [6, 6.07) is 22.7. The van der Waals surface area contributed by atoms with Crippen molar-refractivity contribution in [1.82, 2.24) is 0 Å². The number of benzene rings is 3. The van der Waals surface area contributed by atoms with Gasteiger partial charge in [0.25, 0.3) is 5.91 Å². The molecule has 1 saturated heterocycles. The summed E-state index contributed by atoms with van der Waals surface area (Å²) in [6.45, 7) is 8.37. The molecule has 1 unspecified atom stereocenters. The summed E-state index contributed by atoms with van der Waals surface area (Å²) < 4.78 is 0. The zero-order valence-electron chi connectivity index (χ0n) is 18.5. The number of hydrogen-bond acceptors (Lipinski definition) is 2. The number of aryl methyl sites for hydroxylation is 2. The smallest absolute Gasteiger partial charge is 0.255 e. The standard InChI is InChI=1S/C27H28N2O2/c1-18(2)21-11-13-22(14-12-21)26-27(31)28(24-15-10-19(3)20(4)16-24)17-25(30)29(26)23-8-6-5-7-9-23/h5-16,18,26H,17H2,1-4H3. The van der Waals surface area contributed by atoms with Crippen molar-refractivity contribution in [1.29, 1.82) is 0 Å². The van der Waals surface area contributed by atoms with Gasteiger partial charge in [0.1, 0.15) is 12.6 Å². The van der Waals surface area contributed by atoms with Gasteiger partial charge in [-0.25, -0.2) is 0 Å². The molecule has 0 aliphatic carbocycles. The molecule has 0 bridgehead atoms. The van der Waals surface area contributed by atoms with E-state index in [2.05, 4.69) is 26.0 Å². The van der Waals surface area contributed by atoms with E-state index in [0.29, 0.717) is 5.92 Å². The Morgan fingerprint density at radius 3 is 2.10 bits per heavy atom. The van der Waals surface area contributed by atoms with E-state index in [1.54, 1.807) is 9.80 Å². The van der Waals surface area contributed by atoms with Crippen molar-refractivity contribution in [3.8, 4) is 0 Å². The molecule has 0 N–H and O–H groups in total. The summed E-state index contributed by atoms with van der Waals surface area (Å²) in [5, 5.41) is 0. The van der Waals surface area contributed by atoms with Gasteiger partial charge < -0.3 is 4.90 Å². The van der Waals surface area contributed by atoms with Gasteiger partial charge in [0, 0.05) is 11.4 Å². The number of carbonyl (C=O) groups excluding carboxylic acids is 2. The van der Waals surface area contributed by atoms with Crippen LogP contribution in [0.25, 0.3) is 0 Å². The molecule has 4 nitrogen and oxygen atoms in total. The van der Waals surface area contributed by atoms with Crippen LogP contribution in [-0.2, 0) is 9.59 Å². The maximum Gasteiger partial charge on any atom is 0.255 e. The van der Waals surface area contributed by atoms with E-state index in [9.17, 15) is 9.59 Å². The Bertz CT molecular complexity index is 1100. The number of hydrogen-bond donors (Lipinski definition) is 0. The van der Waals surface area contributed by atoms with E-state index in [1.807, 2.05) is 74.5 Å². The lowest BCUT2D eigenvalue weighted by Gasteiger charge is -2.40. The number of piperazine rings is 1. The van der Waals surface area contributed by atoms with Gasteiger partial charge in [0.05, 0.1) is 0 Å². The molecule has 1 aliphatic rings. The fraction of sp³-hybridized carbons (Fsp3) is 0.259. The first kappa shape index (κ1) is 20.9. The number of para-hydroxylation sites is 1. The molecular weight excluding hydrogens is 384 g/mol. The highest BCUT2D eigenvalue weighted by atomic mass is 16.2. The van der Waals surface area contributed by atoms with Crippen LogP contribution < -0.4 is 9.80 Å². The quantitative estimate of drug-likeness (QED) is 0.564. The normalized spacial score (nSPS) is 16.9. The van der Waals surface area contributed by atoms with Gasteiger partial charge in [-0.15, -0.1) is 0 Å². The third-order valence-electron chi connectivity index (χ3n) is 6.08. The minimum absolute atomic E-state index is 0.0246. The summed E-state index contributed by atoms with van der Waals surface area (Å²) >= 11 is 0. The summed E-state index contributed by atoms with van der Waals surface area (Å²) in [7, 11) is 0. The first-order valence-electron chi connectivity index (χ1n) is 10.7. The van der Waals surface area contributed by atoms with Crippen LogP contribution in [-0.4, -0.2) is 18.4 Å². The molecule has 0 aromatic heterocycles. The van der Waals surface area contributed by atoms with E-state index in [4.69, 9.17) is 0 Å². The molecule has 1 fully saturated rings. The molecule has 2 amide bonds. The van der Waals surface area contributed by atoms with E-state index in [1.165, 1.54) is 5.56 Å². The highest BCUT2D eigenvalue weighted by Gasteiger charge is 2.41. The predicted octanol–water partition coefficient (Wildman–Crippen LogP) is 5.55. The summed E-state index contributed by atoms with van der Waals surface area (Å²) in [6.07, 6.45) is 0. The van der Waals surface area contributed by atoms with Gasteiger partial charge in [0.15, 0.2) is 0 Å². The van der Waals surface area contributed by atoms with Gasteiger partial charge in [-0.1, -0.05) is 62.4 Å². The maximum atomic E-state index is 13.8. The zero-order chi connectivity index (χ0) is 22.1. The fourth-order valence-corrected chi connectivity index (χ4v) is 4.04. The molecule has 158 valence electrons. The molecule has 0 spiro atoms. The molecule has 1 atom stereocenters. The molecule has 1 heterocycles. The maximum absolute atomic E-state index is 13.8. The van der Waals surface area contributed by atoms with Crippen LogP contribution in [0.5, 0.6) is 0 Å². The molecule has 0 saturated carbocycles. The number of carbonyl (C=O) groups is 2. The van der Waals surface area contributed by atoms with E-state index in [-0.39, 0.29) is 18.4 Å². The summed E-state index contributed by atoms with van der Waals surface area (Å²) in [5.41, 5.74) is 5.78. The van der Waals surface area contributed by atoms with Crippen molar-refractivity contribution in [3.63, 3.8) is 0 Å². The van der Waals surface area contributed by atoms with Crippen LogP contribution in [0.3, 0.4) is 0 Å². The zero-order valence-corrected chi connectivity index (χ0v) is 18.5. The van der Waals surface area contributed by atoms with Gasteiger partial charge >= 0.3 is 0 Å². The topological polar surface area (TPSA) is 40.6 Å². The molecular formula is C27H28N2O2. The van der Waals surface area contributed by atoms with Crippen LogP contribution >= 0.6 is 0 Å². The Morgan fingerprint density at radius 1 is 0.806 bits per heavy atom. The Labute approximate surface area is 184 Å². The number of amides is 2. The minimum Gasteiger partial charge on any atom is -0.301 e. The Kier molecular flexibility index (Phi) is 5.64. The summed E-state index contributed by atoms with van der Waals surface area (Å²) in [4.78, 5) is 30.4. The minimum atomic E-state index is -0.702. The van der Waals surface area contributed by atoms with Crippen LogP contribution in [0.4, 0.5) is 11.4 Å². The number of nitrogens with zero attached hydrogens (tertiary/aromatic N) is 2. The van der Waals surface area contributed by atoms with E-state index >= 15 is 0 Å². The third kappa shape index (κ3) is 3.98. The van der Waals surface area contributed by atoms with Gasteiger partial charge in [0.2, 0.25) is 5.91 Å².